The minimum Gasteiger partial charge on any atom is -0.344 e. The first-order valence-electron chi connectivity index (χ1n) is 9.84. The number of aryl methyl sites for hydroxylation is 1. The number of hydrogen-bond acceptors (Lipinski definition) is 3. The minimum atomic E-state index is -0.207. The molecule has 6 heteroatoms. The first kappa shape index (κ1) is 20.5. The number of nitrogens with zero attached hydrogens (tertiary/aromatic N) is 3. The average molecular weight is 399 g/mol. The summed E-state index contributed by atoms with van der Waals surface area (Å²) < 4.78 is 4.11. The zero-order valence-corrected chi connectivity index (χ0v) is 17.9. The van der Waals surface area contributed by atoms with Crippen molar-refractivity contribution in [2.24, 2.45) is 13.0 Å². The molecular formula is C22H30N4OS. The summed E-state index contributed by atoms with van der Waals surface area (Å²) in [7, 11) is 2.03. The van der Waals surface area contributed by atoms with E-state index in [0.717, 1.165) is 35.5 Å². The Bertz CT molecular complexity index is 901. The SMILES string of the molecule is CSCCC(NC(=O)C(CC(C)C)n1cccc1)c1nc2ccccc2n1C. The van der Waals surface area contributed by atoms with Crippen LogP contribution >= 0.6 is 11.8 Å². The van der Waals surface area contributed by atoms with Gasteiger partial charge in [0.1, 0.15) is 11.9 Å². The number of amides is 1. The second-order valence-electron chi connectivity index (χ2n) is 7.64. The smallest absolute Gasteiger partial charge is 0.243 e. The van der Waals surface area contributed by atoms with E-state index in [-0.39, 0.29) is 18.0 Å². The van der Waals surface area contributed by atoms with Gasteiger partial charge >= 0.3 is 0 Å². The van der Waals surface area contributed by atoms with Crippen molar-refractivity contribution in [2.45, 2.75) is 38.8 Å². The molecule has 150 valence electrons. The van der Waals surface area contributed by atoms with Crippen LogP contribution in [0.15, 0.2) is 48.8 Å². The molecule has 0 aliphatic carbocycles. The standard InChI is InChI=1S/C22H30N4OS/c1-16(2)15-20(26-12-7-8-13-26)22(27)24-18(11-14-28-4)21-23-17-9-5-6-10-19(17)25(21)3/h5-10,12-13,16,18,20H,11,14-15H2,1-4H3,(H,24,27). The Balaban J connectivity index is 1.88. The molecular weight excluding hydrogens is 368 g/mol. The maximum Gasteiger partial charge on any atom is 0.243 e. The van der Waals surface area contributed by atoms with Crippen LogP contribution in [0.5, 0.6) is 0 Å². The third-order valence-electron chi connectivity index (χ3n) is 5.05. The second kappa shape index (κ2) is 9.32. The maximum atomic E-state index is 13.3. The lowest BCUT2D eigenvalue weighted by atomic mass is 10.0. The van der Waals surface area contributed by atoms with E-state index in [1.807, 2.05) is 54.3 Å². The Labute approximate surface area is 171 Å². The van der Waals surface area contributed by atoms with Crippen LogP contribution < -0.4 is 5.32 Å². The van der Waals surface area contributed by atoms with Gasteiger partial charge in [0.25, 0.3) is 0 Å². The summed E-state index contributed by atoms with van der Waals surface area (Å²) >= 11 is 1.79. The lowest BCUT2D eigenvalue weighted by molar-refractivity contribution is -0.125. The fraction of sp³-hybridized carbons (Fsp3) is 0.455. The molecule has 3 rings (SSSR count). The van der Waals surface area contributed by atoms with Crippen LogP contribution in [0.4, 0.5) is 0 Å². The van der Waals surface area contributed by atoms with E-state index in [9.17, 15) is 4.79 Å². The Kier molecular flexibility index (Phi) is 6.83. The first-order valence-corrected chi connectivity index (χ1v) is 11.2. The van der Waals surface area contributed by atoms with Crippen molar-refractivity contribution in [1.29, 1.82) is 0 Å². The number of aromatic nitrogens is 3. The summed E-state index contributed by atoms with van der Waals surface area (Å²) in [5.74, 6) is 2.37. The summed E-state index contributed by atoms with van der Waals surface area (Å²) in [5.41, 5.74) is 2.05. The van der Waals surface area contributed by atoms with Crippen LogP contribution in [0.2, 0.25) is 0 Å². The van der Waals surface area contributed by atoms with E-state index in [1.165, 1.54) is 0 Å². The normalized spacial score (nSPS) is 13.8. The number of imidazole rings is 1. The molecule has 0 bridgehead atoms. The summed E-state index contributed by atoms with van der Waals surface area (Å²) in [6, 6.07) is 11.7. The average Bonchev–Trinajstić information content (AvgIpc) is 3.32. The molecule has 0 radical (unpaired) electrons. The van der Waals surface area contributed by atoms with E-state index in [2.05, 4.69) is 36.1 Å². The molecule has 0 saturated carbocycles. The Morgan fingerprint density at radius 3 is 2.54 bits per heavy atom. The number of rotatable bonds is 9. The molecule has 1 aromatic carbocycles. The number of fused-ring (bicyclic) bond motifs is 1. The Hall–Kier alpha value is -2.21. The number of carbonyl (C=O) groups is 1. The number of hydrogen-bond donors (Lipinski definition) is 1. The Morgan fingerprint density at radius 2 is 1.89 bits per heavy atom. The third-order valence-corrected chi connectivity index (χ3v) is 5.69. The van der Waals surface area contributed by atoms with Gasteiger partial charge in [0.15, 0.2) is 0 Å². The summed E-state index contributed by atoms with van der Waals surface area (Å²) in [4.78, 5) is 18.1. The third kappa shape index (κ3) is 4.61. The van der Waals surface area contributed by atoms with Gasteiger partial charge < -0.3 is 14.5 Å². The molecule has 2 atom stereocenters. The molecule has 0 aliphatic heterocycles. The van der Waals surface area contributed by atoms with E-state index in [1.54, 1.807) is 11.8 Å². The molecule has 1 N–H and O–H groups in total. The molecule has 5 nitrogen and oxygen atoms in total. The zero-order chi connectivity index (χ0) is 20.1. The van der Waals surface area contributed by atoms with Crippen molar-refractivity contribution in [3.8, 4) is 0 Å². The number of thioether (sulfide) groups is 1. The summed E-state index contributed by atoms with van der Waals surface area (Å²) in [6.45, 7) is 4.31. The maximum absolute atomic E-state index is 13.3. The number of benzene rings is 1. The van der Waals surface area contributed by atoms with Crippen molar-refractivity contribution in [3.63, 3.8) is 0 Å². The van der Waals surface area contributed by atoms with E-state index in [4.69, 9.17) is 4.98 Å². The van der Waals surface area contributed by atoms with Crippen LogP contribution in [0, 0.1) is 5.92 Å². The van der Waals surface area contributed by atoms with Gasteiger partial charge in [-0.1, -0.05) is 26.0 Å². The van der Waals surface area contributed by atoms with Crippen LogP contribution in [-0.4, -0.2) is 32.0 Å². The molecule has 1 amide bonds. The molecule has 0 spiro atoms. The van der Waals surface area contributed by atoms with Crippen molar-refractivity contribution in [2.75, 3.05) is 12.0 Å². The lowest BCUT2D eigenvalue weighted by Crippen LogP contribution is -2.37. The van der Waals surface area contributed by atoms with Gasteiger partial charge in [0, 0.05) is 19.4 Å². The molecule has 0 aliphatic rings. The summed E-state index contributed by atoms with van der Waals surface area (Å²) in [6.07, 6.45) is 7.69. The van der Waals surface area contributed by atoms with E-state index < -0.39 is 0 Å². The van der Waals surface area contributed by atoms with Crippen molar-refractivity contribution >= 4 is 28.7 Å². The topological polar surface area (TPSA) is 51.9 Å². The predicted molar refractivity (Wildman–Crippen MR) is 118 cm³/mol. The van der Waals surface area contributed by atoms with Gasteiger partial charge in [-0.2, -0.15) is 11.8 Å². The number of nitrogens with one attached hydrogen (secondary N) is 1. The number of carbonyl (C=O) groups excluding carboxylic acids is 1. The van der Waals surface area contributed by atoms with Crippen molar-refractivity contribution in [3.05, 3.63) is 54.6 Å². The molecule has 3 aromatic rings. The van der Waals surface area contributed by atoms with Crippen molar-refractivity contribution < 1.29 is 4.79 Å². The summed E-state index contributed by atoms with van der Waals surface area (Å²) in [5, 5.41) is 3.31. The fourth-order valence-corrected chi connectivity index (χ4v) is 4.08. The first-order chi connectivity index (χ1) is 13.5. The highest BCUT2D eigenvalue weighted by Crippen LogP contribution is 2.25. The quantitative estimate of drug-likeness (QED) is 0.574. The molecule has 0 saturated heterocycles. The molecule has 28 heavy (non-hydrogen) atoms. The molecule has 2 unspecified atom stereocenters. The molecule has 2 aromatic heterocycles. The molecule has 2 heterocycles. The monoisotopic (exact) mass is 398 g/mol. The van der Waals surface area contributed by atoms with Gasteiger partial charge in [0.05, 0.1) is 17.1 Å². The minimum absolute atomic E-state index is 0.0584. The highest BCUT2D eigenvalue weighted by atomic mass is 32.2. The highest BCUT2D eigenvalue weighted by molar-refractivity contribution is 7.98. The van der Waals surface area contributed by atoms with Crippen LogP contribution in [0.3, 0.4) is 0 Å². The van der Waals surface area contributed by atoms with Gasteiger partial charge in [-0.25, -0.2) is 4.98 Å². The van der Waals surface area contributed by atoms with Gasteiger partial charge in [-0.05, 0) is 55.0 Å². The Morgan fingerprint density at radius 1 is 1.18 bits per heavy atom. The fourth-order valence-electron chi connectivity index (χ4n) is 3.61. The second-order valence-corrected chi connectivity index (χ2v) is 8.62. The van der Waals surface area contributed by atoms with E-state index >= 15 is 0 Å². The van der Waals surface area contributed by atoms with Gasteiger partial charge in [-0.3, -0.25) is 4.79 Å². The van der Waals surface area contributed by atoms with Crippen molar-refractivity contribution in [1.82, 2.24) is 19.4 Å². The van der Waals surface area contributed by atoms with Crippen LogP contribution in [-0.2, 0) is 11.8 Å². The predicted octanol–water partition coefficient (Wildman–Crippen LogP) is 4.57. The lowest BCUT2D eigenvalue weighted by Gasteiger charge is -2.24. The van der Waals surface area contributed by atoms with Gasteiger partial charge in [0.2, 0.25) is 5.91 Å². The van der Waals surface area contributed by atoms with Crippen LogP contribution in [0.1, 0.15) is 44.6 Å². The van der Waals surface area contributed by atoms with E-state index in [0.29, 0.717) is 5.92 Å². The zero-order valence-electron chi connectivity index (χ0n) is 17.1. The molecule has 0 fully saturated rings. The van der Waals surface area contributed by atoms with Crippen LogP contribution in [0.25, 0.3) is 11.0 Å². The highest BCUT2D eigenvalue weighted by Gasteiger charge is 2.26. The largest absolute Gasteiger partial charge is 0.344 e. The van der Waals surface area contributed by atoms with Gasteiger partial charge in [-0.15, -0.1) is 0 Å². The number of para-hydroxylation sites is 2.